The summed E-state index contributed by atoms with van der Waals surface area (Å²) in [5.41, 5.74) is -5.16. The first-order valence-electron chi connectivity index (χ1n) is 7.63. The Labute approximate surface area is 160 Å². The molecule has 0 N–H and O–H groups in total. The van der Waals surface area contributed by atoms with E-state index >= 15 is 0 Å². The standard InChI is InChI=1S/C17H12F4N2O6/c1-28-15(24)10-5-3-4-6-22(14(10)16(25)29-2)11-7-9(17(19,20)21)8-12(13(11)18)23(26)27/h3-8H,1-2H3. The van der Waals surface area contributed by atoms with Gasteiger partial charge in [-0.1, -0.05) is 6.08 Å². The summed E-state index contributed by atoms with van der Waals surface area (Å²) in [5.74, 6) is -3.95. The lowest BCUT2D eigenvalue weighted by molar-refractivity contribution is -0.387. The number of alkyl halides is 3. The molecule has 0 atom stereocenters. The lowest BCUT2D eigenvalue weighted by Crippen LogP contribution is -2.28. The number of anilines is 1. The Kier molecular flexibility index (Phi) is 6.05. The fourth-order valence-corrected chi connectivity index (χ4v) is 2.42. The molecule has 1 heterocycles. The van der Waals surface area contributed by atoms with Gasteiger partial charge in [-0.15, -0.1) is 0 Å². The number of allylic oxidation sites excluding steroid dienone is 2. The van der Waals surface area contributed by atoms with Gasteiger partial charge in [0.25, 0.3) is 0 Å². The van der Waals surface area contributed by atoms with Crippen molar-refractivity contribution in [1.82, 2.24) is 0 Å². The summed E-state index contributed by atoms with van der Waals surface area (Å²) in [4.78, 5) is 34.6. The number of hydrogen-bond acceptors (Lipinski definition) is 7. The van der Waals surface area contributed by atoms with E-state index < -0.39 is 57.1 Å². The third-order valence-electron chi connectivity index (χ3n) is 3.71. The highest BCUT2D eigenvalue weighted by Gasteiger charge is 2.37. The SMILES string of the molecule is COC(=O)C1=C(C(=O)OC)N(c2cc(C(F)(F)F)cc([N+](=O)[O-])c2F)C=CC=C1. The summed E-state index contributed by atoms with van der Waals surface area (Å²) in [6, 6.07) is 0.303. The third kappa shape index (κ3) is 4.25. The molecule has 0 amide bonds. The van der Waals surface area contributed by atoms with E-state index in [0.717, 1.165) is 26.5 Å². The van der Waals surface area contributed by atoms with E-state index in [1.807, 2.05) is 0 Å². The molecular weight excluding hydrogens is 404 g/mol. The quantitative estimate of drug-likeness (QED) is 0.322. The van der Waals surface area contributed by atoms with Crippen molar-refractivity contribution in [2.45, 2.75) is 6.18 Å². The summed E-state index contributed by atoms with van der Waals surface area (Å²) in [6.45, 7) is 0. The number of benzene rings is 1. The van der Waals surface area contributed by atoms with Gasteiger partial charge in [-0.25, -0.2) is 9.59 Å². The number of hydrogen-bond donors (Lipinski definition) is 0. The molecule has 1 aromatic carbocycles. The monoisotopic (exact) mass is 416 g/mol. The average molecular weight is 416 g/mol. The normalized spacial score (nSPS) is 13.9. The first kappa shape index (κ1) is 21.6. The van der Waals surface area contributed by atoms with Crippen LogP contribution in [0.4, 0.5) is 28.9 Å². The van der Waals surface area contributed by atoms with Crippen LogP contribution in [-0.2, 0) is 25.2 Å². The highest BCUT2D eigenvalue weighted by molar-refractivity contribution is 6.05. The van der Waals surface area contributed by atoms with Crippen LogP contribution in [-0.4, -0.2) is 31.1 Å². The van der Waals surface area contributed by atoms with Crippen LogP contribution in [0.3, 0.4) is 0 Å². The number of rotatable bonds is 4. The molecule has 0 aromatic heterocycles. The predicted octanol–water partition coefficient (Wildman–Crippen LogP) is 3.24. The highest BCUT2D eigenvalue weighted by atomic mass is 19.4. The average Bonchev–Trinajstić information content (AvgIpc) is 2.88. The molecular formula is C17H12F4N2O6. The van der Waals surface area contributed by atoms with Crippen LogP contribution >= 0.6 is 0 Å². The summed E-state index contributed by atoms with van der Waals surface area (Å²) in [5, 5.41) is 11.1. The van der Waals surface area contributed by atoms with Crippen LogP contribution in [0.15, 0.2) is 47.8 Å². The van der Waals surface area contributed by atoms with Crippen LogP contribution in [0.1, 0.15) is 5.56 Å². The molecule has 1 aliphatic rings. The maximum atomic E-state index is 14.8. The number of halogens is 4. The van der Waals surface area contributed by atoms with Gasteiger partial charge < -0.3 is 14.4 Å². The van der Waals surface area contributed by atoms with Gasteiger partial charge in [0.15, 0.2) is 0 Å². The molecule has 0 spiro atoms. The number of esters is 2. The first-order chi connectivity index (χ1) is 13.5. The second kappa shape index (κ2) is 8.12. The number of carbonyl (C=O) groups is 2. The second-order valence-corrected chi connectivity index (χ2v) is 5.40. The van der Waals surface area contributed by atoms with Gasteiger partial charge in [-0.3, -0.25) is 10.1 Å². The predicted molar refractivity (Wildman–Crippen MR) is 89.9 cm³/mol. The van der Waals surface area contributed by atoms with E-state index in [0.29, 0.717) is 4.90 Å². The van der Waals surface area contributed by atoms with Crippen LogP contribution < -0.4 is 4.90 Å². The maximum absolute atomic E-state index is 14.8. The van der Waals surface area contributed by atoms with Crippen molar-refractivity contribution in [2.24, 2.45) is 0 Å². The van der Waals surface area contributed by atoms with Crippen molar-refractivity contribution in [3.8, 4) is 0 Å². The van der Waals surface area contributed by atoms with Gasteiger partial charge in [-0.2, -0.15) is 17.6 Å². The molecule has 0 bridgehead atoms. The van der Waals surface area contributed by atoms with E-state index in [9.17, 15) is 37.3 Å². The molecule has 0 fully saturated rings. The zero-order valence-electron chi connectivity index (χ0n) is 14.8. The van der Waals surface area contributed by atoms with Crippen molar-refractivity contribution >= 4 is 23.3 Å². The van der Waals surface area contributed by atoms with E-state index in [-0.39, 0.29) is 12.1 Å². The number of nitro benzene ring substituents is 1. The minimum atomic E-state index is -5.05. The van der Waals surface area contributed by atoms with Crippen molar-refractivity contribution in [3.05, 3.63) is 69.3 Å². The Morgan fingerprint density at radius 1 is 1.10 bits per heavy atom. The molecule has 0 saturated heterocycles. The van der Waals surface area contributed by atoms with Gasteiger partial charge in [0.2, 0.25) is 5.82 Å². The van der Waals surface area contributed by atoms with Crippen LogP contribution in [0.25, 0.3) is 0 Å². The largest absolute Gasteiger partial charge is 0.465 e. The number of nitro groups is 1. The van der Waals surface area contributed by atoms with Crippen LogP contribution in [0, 0.1) is 15.9 Å². The van der Waals surface area contributed by atoms with Crippen molar-refractivity contribution < 1.29 is 41.5 Å². The van der Waals surface area contributed by atoms with Crippen LogP contribution in [0.2, 0.25) is 0 Å². The lowest BCUT2D eigenvalue weighted by atomic mass is 10.1. The molecule has 8 nitrogen and oxygen atoms in total. The third-order valence-corrected chi connectivity index (χ3v) is 3.71. The Balaban J connectivity index is 2.89. The number of nitrogens with zero attached hydrogens (tertiary/aromatic N) is 2. The Hall–Kier alpha value is -3.70. The fourth-order valence-electron chi connectivity index (χ4n) is 2.42. The molecule has 29 heavy (non-hydrogen) atoms. The van der Waals surface area contributed by atoms with E-state index in [1.54, 1.807) is 0 Å². The molecule has 0 radical (unpaired) electrons. The summed E-state index contributed by atoms with van der Waals surface area (Å²) >= 11 is 0. The lowest BCUT2D eigenvalue weighted by Gasteiger charge is -2.24. The van der Waals surface area contributed by atoms with Crippen LogP contribution in [0.5, 0.6) is 0 Å². The van der Waals surface area contributed by atoms with E-state index in [2.05, 4.69) is 9.47 Å². The Bertz CT molecular complexity index is 965. The number of methoxy groups -OCH3 is 2. The van der Waals surface area contributed by atoms with Crippen molar-refractivity contribution in [2.75, 3.05) is 19.1 Å². The van der Waals surface area contributed by atoms with Crippen molar-refractivity contribution in [1.29, 1.82) is 0 Å². The minimum absolute atomic E-state index is 0.0291. The fraction of sp³-hybridized carbons (Fsp3) is 0.176. The van der Waals surface area contributed by atoms with Gasteiger partial charge in [0, 0.05) is 12.3 Å². The molecule has 154 valence electrons. The van der Waals surface area contributed by atoms with Gasteiger partial charge in [0.05, 0.1) is 36.0 Å². The van der Waals surface area contributed by atoms with Gasteiger partial charge in [0.1, 0.15) is 5.70 Å². The van der Waals surface area contributed by atoms with E-state index in [1.165, 1.54) is 12.2 Å². The molecule has 0 unspecified atom stereocenters. The first-order valence-corrected chi connectivity index (χ1v) is 7.63. The Morgan fingerprint density at radius 2 is 1.72 bits per heavy atom. The topological polar surface area (TPSA) is 99.0 Å². The zero-order valence-corrected chi connectivity index (χ0v) is 14.8. The smallest absolute Gasteiger partial charge is 0.416 e. The highest BCUT2D eigenvalue weighted by Crippen LogP contribution is 2.39. The molecule has 0 aliphatic carbocycles. The van der Waals surface area contributed by atoms with Crippen molar-refractivity contribution in [3.63, 3.8) is 0 Å². The summed E-state index contributed by atoms with van der Waals surface area (Å²) in [7, 11) is 1.90. The molecule has 0 saturated carbocycles. The van der Waals surface area contributed by atoms with Gasteiger partial charge >= 0.3 is 23.8 Å². The molecule has 12 heteroatoms. The minimum Gasteiger partial charge on any atom is -0.465 e. The summed E-state index contributed by atoms with van der Waals surface area (Å²) < 4.78 is 63.4. The maximum Gasteiger partial charge on any atom is 0.416 e. The molecule has 1 aromatic rings. The Morgan fingerprint density at radius 3 is 2.24 bits per heavy atom. The van der Waals surface area contributed by atoms with E-state index in [4.69, 9.17) is 0 Å². The number of ether oxygens (including phenoxy) is 2. The number of carbonyl (C=O) groups excluding carboxylic acids is 2. The van der Waals surface area contributed by atoms with Gasteiger partial charge in [-0.05, 0) is 18.2 Å². The second-order valence-electron chi connectivity index (χ2n) is 5.40. The zero-order chi connectivity index (χ0) is 21.9. The molecule has 1 aliphatic heterocycles. The summed E-state index contributed by atoms with van der Waals surface area (Å²) in [6.07, 6.45) is -0.615. The molecule has 2 rings (SSSR count).